The van der Waals surface area contributed by atoms with Gasteiger partial charge in [0.2, 0.25) is 0 Å². The van der Waals surface area contributed by atoms with Crippen LogP contribution in [0, 0.1) is 0 Å². The van der Waals surface area contributed by atoms with Gasteiger partial charge in [0.25, 0.3) is 0 Å². The normalized spacial score (nSPS) is 14.7. The fourth-order valence-electron chi connectivity index (χ4n) is 1.25. The van der Waals surface area contributed by atoms with Crippen molar-refractivity contribution in [1.29, 1.82) is 0 Å². The lowest BCUT2D eigenvalue weighted by Crippen LogP contribution is -2.48. The van der Waals surface area contributed by atoms with E-state index in [1.165, 1.54) is 0 Å². The summed E-state index contributed by atoms with van der Waals surface area (Å²) in [6.45, 7) is 0. The zero-order chi connectivity index (χ0) is 18.3. The fraction of sp³-hybridized carbons (Fsp3) is 0.400. The molecule has 0 unspecified atom stereocenters. The van der Waals surface area contributed by atoms with Gasteiger partial charge in [-0.3, -0.25) is 4.57 Å². The second-order valence-corrected chi connectivity index (χ2v) is 6.44. The molecular formula is C10H5F10O2P. The maximum absolute atomic E-state index is 13.2. The van der Waals surface area contributed by atoms with Crippen LogP contribution < -0.4 is 4.52 Å². The maximum Gasteiger partial charge on any atom is 0.465 e. The average Bonchev–Trinajstić information content (AvgIpc) is 2.36. The van der Waals surface area contributed by atoms with Gasteiger partial charge in [-0.15, -0.1) is 0 Å². The van der Waals surface area contributed by atoms with Crippen LogP contribution in [0.5, 0.6) is 5.75 Å². The van der Waals surface area contributed by atoms with Crippen molar-refractivity contribution in [3.8, 4) is 5.75 Å². The summed E-state index contributed by atoms with van der Waals surface area (Å²) in [5.41, 5.74) is -13.9. The van der Waals surface area contributed by atoms with Crippen LogP contribution in [0.2, 0.25) is 0 Å². The summed E-state index contributed by atoms with van der Waals surface area (Å²) >= 11 is 0. The molecule has 0 heterocycles. The minimum absolute atomic E-state index is 0.492. The van der Waals surface area contributed by atoms with Crippen LogP contribution in [0.3, 0.4) is 0 Å². The van der Waals surface area contributed by atoms with Gasteiger partial charge in [0.1, 0.15) is 5.75 Å². The van der Waals surface area contributed by atoms with Gasteiger partial charge in [0.05, 0.1) is 0 Å². The molecule has 0 amide bonds. The number of benzene rings is 1. The molecule has 1 aromatic carbocycles. The molecule has 0 saturated carbocycles. The van der Waals surface area contributed by atoms with Gasteiger partial charge in [-0.1, -0.05) is 18.2 Å². The summed E-state index contributed by atoms with van der Waals surface area (Å²) in [7, 11) is -8.01. The lowest BCUT2D eigenvalue weighted by atomic mass is 10.3. The highest BCUT2D eigenvalue weighted by Crippen LogP contribution is 2.76. The molecule has 1 rings (SSSR count). The zero-order valence-corrected chi connectivity index (χ0v) is 11.3. The largest absolute Gasteiger partial charge is 0.465 e. The Morgan fingerprint density at radius 2 is 1.04 bits per heavy atom. The molecule has 0 fully saturated rings. The third-order valence-electron chi connectivity index (χ3n) is 2.40. The predicted octanol–water partition coefficient (Wildman–Crippen LogP) is 5.65. The first kappa shape index (κ1) is 19.6. The zero-order valence-electron chi connectivity index (χ0n) is 10.4. The van der Waals surface area contributed by atoms with Gasteiger partial charge in [-0.2, -0.15) is 43.9 Å². The van der Waals surface area contributed by atoms with Crippen molar-refractivity contribution in [1.82, 2.24) is 0 Å². The first-order valence-electron chi connectivity index (χ1n) is 5.32. The molecule has 0 atom stereocenters. The van der Waals surface area contributed by atoms with E-state index >= 15 is 0 Å². The molecule has 132 valence electrons. The smallest absolute Gasteiger partial charge is 0.435 e. The fourth-order valence-corrected chi connectivity index (χ4v) is 2.92. The highest BCUT2D eigenvalue weighted by molar-refractivity contribution is 7.62. The number of hydrogen-bond acceptors (Lipinski definition) is 2. The minimum atomic E-state index is -8.01. The van der Waals surface area contributed by atoms with E-state index in [-0.39, 0.29) is 0 Å². The molecule has 0 spiro atoms. The summed E-state index contributed by atoms with van der Waals surface area (Å²) in [6, 6.07) is 3.85. The summed E-state index contributed by atoms with van der Waals surface area (Å²) in [4.78, 5) is 0. The van der Waals surface area contributed by atoms with Crippen molar-refractivity contribution < 1.29 is 53.0 Å². The minimum Gasteiger partial charge on any atom is -0.435 e. The first-order chi connectivity index (χ1) is 10.1. The van der Waals surface area contributed by atoms with Gasteiger partial charge in [0.15, 0.2) is 0 Å². The van der Waals surface area contributed by atoms with Crippen molar-refractivity contribution in [2.24, 2.45) is 0 Å². The average molecular weight is 378 g/mol. The Bertz CT molecular complexity index is 562. The molecule has 0 aliphatic heterocycles. The molecule has 23 heavy (non-hydrogen) atoms. The van der Waals surface area contributed by atoms with Crippen LogP contribution in [-0.2, 0) is 4.57 Å². The Labute approximate surface area is 121 Å². The van der Waals surface area contributed by atoms with Crippen LogP contribution in [0.4, 0.5) is 43.9 Å². The Morgan fingerprint density at radius 3 is 1.35 bits per heavy atom. The second kappa shape index (κ2) is 5.57. The van der Waals surface area contributed by atoms with Gasteiger partial charge < -0.3 is 4.52 Å². The van der Waals surface area contributed by atoms with Gasteiger partial charge >= 0.3 is 31.0 Å². The Kier molecular flexibility index (Phi) is 4.75. The molecule has 1 aromatic rings. The van der Waals surface area contributed by atoms with Gasteiger partial charge in [0, 0.05) is 0 Å². The van der Waals surface area contributed by atoms with E-state index in [2.05, 4.69) is 4.52 Å². The van der Waals surface area contributed by atoms with Crippen LogP contribution in [-0.4, -0.2) is 23.7 Å². The third kappa shape index (κ3) is 3.13. The summed E-state index contributed by atoms with van der Waals surface area (Å²) in [5, 5.41) is 0. The monoisotopic (exact) mass is 378 g/mol. The van der Waals surface area contributed by atoms with Crippen molar-refractivity contribution in [3.63, 3.8) is 0 Å². The molecule has 0 aliphatic carbocycles. The topological polar surface area (TPSA) is 26.3 Å². The molecular weight excluding hydrogens is 373 g/mol. The number of rotatable bonds is 4. The summed E-state index contributed by atoms with van der Waals surface area (Å²) in [5.74, 6) is -1.27. The SMILES string of the molecule is O=P(Oc1ccccc1)(C(F)(F)C(F)(F)F)C(F)(F)C(F)(F)F. The van der Waals surface area contributed by atoms with Gasteiger partial charge in [-0.25, -0.2) is 0 Å². The van der Waals surface area contributed by atoms with Crippen molar-refractivity contribution in [3.05, 3.63) is 30.3 Å². The van der Waals surface area contributed by atoms with E-state index in [4.69, 9.17) is 0 Å². The lowest BCUT2D eigenvalue weighted by Gasteiger charge is -2.34. The van der Waals surface area contributed by atoms with Crippen molar-refractivity contribution in [2.75, 3.05) is 0 Å². The molecule has 0 N–H and O–H groups in total. The highest BCUT2D eigenvalue weighted by atomic mass is 31.2. The highest BCUT2D eigenvalue weighted by Gasteiger charge is 2.86. The second-order valence-electron chi connectivity index (χ2n) is 4.03. The van der Waals surface area contributed by atoms with Crippen molar-refractivity contribution >= 4 is 7.37 Å². The third-order valence-corrected chi connectivity index (χ3v) is 4.85. The molecule has 0 bridgehead atoms. The van der Waals surface area contributed by atoms with E-state index in [0.717, 1.165) is 18.2 Å². The first-order valence-corrected chi connectivity index (χ1v) is 6.94. The predicted molar refractivity (Wildman–Crippen MR) is 56.7 cm³/mol. The van der Waals surface area contributed by atoms with Crippen LogP contribution in [0.1, 0.15) is 0 Å². The number of para-hydroxylation sites is 1. The van der Waals surface area contributed by atoms with Gasteiger partial charge in [-0.05, 0) is 12.1 Å². The summed E-state index contributed by atoms with van der Waals surface area (Å²) in [6.07, 6.45) is -13.9. The molecule has 0 radical (unpaired) electrons. The van der Waals surface area contributed by atoms with E-state index < -0.39 is 36.8 Å². The number of hydrogen-bond donors (Lipinski definition) is 0. The molecule has 2 nitrogen and oxygen atoms in total. The van der Waals surface area contributed by atoms with Crippen LogP contribution in [0.25, 0.3) is 0 Å². The van der Waals surface area contributed by atoms with Crippen molar-refractivity contribution in [2.45, 2.75) is 23.7 Å². The maximum atomic E-state index is 13.2. The van der Waals surface area contributed by atoms with E-state index in [9.17, 15) is 48.5 Å². The number of alkyl halides is 10. The Hall–Kier alpha value is -1.45. The summed E-state index contributed by atoms with van der Waals surface area (Å²) < 4.78 is 141. The van der Waals surface area contributed by atoms with Crippen LogP contribution in [0.15, 0.2) is 30.3 Å². The van der Waals surface area contributed by atoms with E-state index in [1.807, 2.05) is 0 Å². The lowest BCUT2D eigenvalue weighted by molar-refractivity contribution is -0.270. The standard InChI is InChI=1S/C10H5F10O2P/c11-7(12,13)9(17,18)23(21,10(19,20)8(14,15)16)22-6-4-2-1-3-5-6/h1-5H. The quantitative estimate of drug-likeness (QED) is 0.500. The molecule has 0 aromatic heterocycles. The van der Waals surface area contributed by atoms with Crippen LogP contribution >= 0.6 is 7.37 Å². The molecule has 0 aliphatic rings. The number of halogens is 10. The Morgan fingerprint density at radius 1 is 0.696 bits per heavy atom. The van der Waals surface area contributed by atoms with E-state index in [1.54, 1.807) is 0 Å². The van der Waals surface area contributed by atoms with E-state index in [0.29, 0.717) is 12.1 Å². The molecule has 13 heteroatoms. The Balaban J connectivity index is 3.59. The molecule has 0 saturated heterocycles.